The van der Waals surface area contributed by atoms with E-state index in [2.05, 4.69) is 6.08 Å². The van der Waals surface area contributed by atoms with Gasteiger partial charge in [-0.25, -0.2) is 0 Å². The van der Waals surface area contributed by atoms with Crippen LogP contribution in [0.15, 0.2) is 22.5 Å². The minimum atomic E-state index is -2.14. The van der Waals surface area contributed by atoms with Gasteiger partial charge < -0.3 is 4.57 Å². The van der Waals surface area contributed by atoms with E-state index in [4.69, 9.17) is 11.6 Å². The Hall–Kier alpha value is -0.0000000000000000555. The molecule has 86 valence electrons. The summed E-state index contributed by atoms with van der Waals surface area (Å²) in [6, 6.07) is 0. The molecule has 15 heavy (non-hydrogen) atoms. The normalized spacial score (nSPS) is 18.9. The molecule has 0 heterocycles. The summed E-state index contributed by atoms with van der Waals surface area (Å²) >= 11 is 6.22. The average molecular weight is 247 g/mol. The molecule has 0 aliphatic heterocycles. The van der Waals surface area contributed by atoms with Gasteiger partial charge in [0.2, 0.25) is 0 Å². The number of allylic oxidation sites excluding steroid dienone is 3. The highest BCUT2D eigenvalue weighted by Crippen LogP contribution is 2.49. The van der Waals surface area contributed by atoms with Gasteiger partial charge in [-0.1, -0.05) is 31.5 Å². The molecule has 0 N–H and O–H groups in total. The first-order valence-corrected chi connectivity index (χ1v) is 8.29. The topological polar surface area (TPSA) is 17.1 Å². The quantitative estimate of drug-likeness (QED) is 0.640. The van der Waals surface area contributed by atoms with Gasteiger partial charge in [-0.3, -0.25) is 0 Å². The van der Waals surface area contributed by atoms with Crippen molar-refractivity contribution in [1.29, 1.82) is 0 Å². The molecule has 0 spiro atoms. The molecule has 0 aromatic carbocycles. The summed E-state index contributed by atoms with van der Waals surface area (Å²) in [5.74, 6) is 1.83. The molecule has 1 nitrogen and oxygen atoms in total. The fraction of sp³-hybridized carbons (Fsp3) is 0.667. The van der Waals surface area contributed by atoms with E-state index in [0.29, 0.717) is 12.3 Å². The summed E-state index contributed by atoms with van der Waals surface area (Å²) < 4.78 is 12.2. The Labute approximate surface area is 98.0 Å². The molecule has 0 saturated carbocycles. The van der Waals surface area contributed by atoms with E-state index in [-0.39, 0.29) is 0 Å². The van der Waals surface area contributed by atoms with Crippen molar-refractivity contribution in [2.45, 2.75) is 39.5 Å². The lowest BCUT2D eigenvalue weighted by molar-refractivity contribution is 0.582. The van der Waals surface area contributed by atoms with E-state index in [1.165, 1.54) is 18.4 Å². The van der Waals surface area contributed by atoms with Gasteiger partial charge in [0.1, 0.15) is 7.14 Å². The highest BCUT2D eigenvalue weighted by Gasteiger charge is 2.16. The Morgan fingerprint density at radius 3 is 2.60 bits per heavy atom. The van der Waals surface area contributed by atoms with Crippen LogP contribution in [0.4, 0.5) is 0 Å². The van der Waals surface area contributed by atoms with Gasteiger partial charge in [0.15, 0.2) is 0 Å². The van der Waals surface area contributed by atoms with Crippen molar-refractivity contribution in [2.24, 2.45) is 0 Å². The van der Waals surface area contributed by atoms with Gasteiger partial charge in [-0.05, 0) is 37.1 Å². The number of rotatable bonds is 4. The fourth-order valence-electron chi connectivity index (χ4n) is 1.75. The van der Waals surface area contributed by atoms with Crippen LogP contribution in [0.25, 0.3) is 0 Å². The van der Waals surface area contributed by atoms with Crippen LogP contribution in [-0.4, -0.2) is 12.3 Å². The molecule has 0 fully saturated rings. The minimum absolute atomic E-state index is 0.715. The first kappa shape index (κ1) is 13.1. The van der Waals surface area contributed by atoms with E-state index < -0.39 is 7.14 Å². The summed E-state index contributed by atoms with van der Waals surface area (Å²) in [5.41, 5.74) is 1.20. The van der Waals surface area contributed by atoms with E-state index in [9.17, 15) is 4.57 Å². The smallest absolute Gasteiger partial charge is 0.109 e. The van der Waals surface area contributed by atoms with Crippen LogP contribution in [0.1, 0.15) is 39.5 Å². The molecule has 0 radical (unpaired) electrons. The maximum atomic E-state index is 12.2. The second-order valence-corrected chi connectivity index (χ2v) is 7.87. The Bertz CT molecular complexity index is 310. The largest absolute Gasteiger partial charge is 0.319 e. The Morgan fingerprint density at radius 2 is 2.13 bits per heavy atom. The zero-order valence-corrected chi connectivity index (χ0v) is 11.3. The summed E-state index contributed by atoms with van der Waals surface area (Å²) in [7, 11) is -2.14. The van der Waals surface area contributed by atoms with Crippen LogP contribution in [0.5, 0.6) is 0 Å². The minimum Gasteiger partial charge on any atom is -0.319 e. The van der Waals surface area contributed by atoms with Gasteiger partial charge in [-0.15, -0.1) is 0 Å². The number of halogens is 1. The predicted octanol–water partition coefficient (Wildman–Crippen LogP) is 4.97. The third-order valence-corrected chi connectivity index (χ3v) is 6.39. The maximum absolute atomic E-state index is 12.2. The van der Waals surface area contributed by atoms with Crippen molar-refractivity contribution in [1.82, 2.24) is 0 Å². The maximum Gasteiger partial charge on any atom is 0.109 e. The molecule has 0 amide bonds. The number of hydrogen-bond donors (Lipinski definition) is 0. The van der Waals surface area contributed by atoms with Crippen LogP contribution in [0, 0.1) is 0 Å². The molecular weight excluding hydrogens is 227 g/mol. The van der Waals surface area contributed by atoms with Crippen molar-refractivity contribution in [3.8, 4) is 0 Å². The first-order chi connectivity index (χ1) is 7.11. The lowest BCUT2D eigenvalue weighted by atomic mass is 10.00. The van der Waals surface area contributed by atoms with Gasteiger partial charge in [0.25, 0.3) is 0 Å². The summed E-state index contributed by atoms with van der Waals surface area (Å²) in [4.78, 5) is 0. The van der Waals surface area contributed by atoms with E-state index >= 15 is 0 Å². The molecule has 0 atom stereocenters. The van der Waals surface area contributed by atoms with Gasteiger partial charge in [0.05, 0.1) is 0 Å². The molecule has 0 aromatic rings. The highest BCUT2D eigenvalue weighted by molar-refractivity contribution is 7.67. The standard InChI is InChI=1S/C12H20ClOP/c1-3-15(14,4-2)10-12(13)11-8-6-5-7-9-11/h8,10H,3-7,9H2,1-2H3/b12-10-. The zero-order valence-electron chi connectivity index (χ0n) is 9.63. The van der Waals surface area contributed by atoms with Gasteiger partial charge in [-0.2, -0.15) is 0 Å². The van der Waals surface area contributed by atoms with Crippen molar-refractivity contribution >= 4 is 18.7 Å². The molecular formula is C12H20ClOP. The highest BCUT2D eigenvalue weighted by atomic mass is 35.5. The van der Waals surface area contributed by atoms with Gasteiger partial charge in [0, 0.05) is 17.4 Å². The second-order valence-electron chi connectivity index (χ2n) is 4.04. The summed E-state index contributed by atoms with van der Waals surface area (Å²) in [5, 5.41) is 0.738. The lowest BCUT2D eigenvalue weighted by Gasteiger charge is -2.14. The molecule has 1 aliphatic rings. The second kappa shape index (κ2) is 5.92. The number of hydrogen-bond acceptors (Lipinski definition) is 1. The third-order valence-electron chi connectivity index (χ3n) is 3.02. The van der Waals surface area contributed by atoms with Gasteiger partial charge >= 0.3 is 0 Å². The Kier molecular flexibility index (Phi) is 5.15. The third kappa shape index (κ3) is 3.81. The van der Waals surface area contributed by atoms with Crippen LogP contribution in [0.2, 0.25) is 0 Å². The molecule has 1 aliphatic carbocycles. The molecule has 1 rings (SSSR count). The molecule has 3 heteroatoms. The van der Waals surface area contributed by atoms with E-state index in [1.807, 2.05) is 19.7 Å². The zero-order chi connectivity index (χ0) is 11.3. The van der Waals surface area contributed by atoms with Crippen molar-refractivity contribution in [3.63, 3.8) is 0 Å². The van der Waals surface area contributed by atoms with Crippen LogP contribution in [-0.2, 0) is 4.57 Å². The van der Waals surface area contributed by atoms with Crippen LogP contribution < -0.4 is 0 Å². The monoisotopic (exact) mass is 246 g/mol. The SMILES string of the molecule is CCP(=O)(/C=C(\Cl)C1=CCCCC1)CC. The van der Waals surface area contributed by atoms with E-state index in [0.717, 1.165) is 17.9 Å². The lowest BCUT2D eigenvalue weighted by Crippen LogP contribution is -1.93. The average Bonchev–Trinajstić information content (AvgIpc) is 2.30. The van der Waals surface area contributed by atoms with E-state index in [1.54, 1.807) is 0 Å². The fourth-order valence-corrected chi connectivity index (χ4v) is 3.85. The van der Waals surface area contributed by atoms with Crippen LogP contribution in [0.3, 0.4) is 0 Å². The van der Waals surface area contributed by atoms with Crippen molar-refractivity contribution < 1.29 is 4.57 Å². The molecule has 0 bridgehead atoms. The Morgan fingerprint density at radius 1 is 1.47 bits per heavy atom. The van der Waals surface area contributed by atoms with Crippen molar-refractivity contribution in [3.05, 3.63) is 22.5 Å². The summed E-state index contributed by atoms with van der Waals surface area (Å²) in [6.45, 7) is 3.94. The predicted molar refractivity (Wildman–Crippen MR) is 69.2 cm³/mol. The van der Waals surface area contributed by atoms with Crippen molar-refractivity contribution in [2.75, 3.05) is 12.3 Å². The first-order valence-electron chi connectivity index (χ1n) is 5.77. The Balaban J connectivity index is 2.82. The summed E-state index contributed by atoms with van der Waals surface area (Å²) in [6.07, 6.45) is 8.24. The molecule has 0 saturated heterocycles. The molecule has 0 aromatic heterocycles. The molecule has 0 unspecified atom stereocenters. The van der Waals surface area contributed by atoms with Crippen LogP contribution >= 0.6 is 18.7 Å².